The number of aliphatic hydroxyl groups excluding tert-OH is 1. The molecule has 2 fully saturated rings. The second kappa shape index (κ2) is 6.52. The molecule has 1 aliphatic carbocycles. The quantitative estimate of drug-likeness (QED) is 0.929. The Bertz CT molecular complexity index is 563. The summed E-state index contributed by atoms with van der Waals surface area (Å²) in [5, 5.41) is 9.81. The van der Waals surface area contributed by atoms with Crippen molar-refractivity contribution in [2.75, 3.05) is 20.2 Å². The molecule has 1 aromatic rings. The summed E-state index contributed by atoms with van der Waals surface area (Å²) in [5.74, 6) is 1.26. The lowest BCUT2D eigenvalue weighted by Crippen LogP contribution is -2.44. The highest BCUT2D eigenvalue weighted by Gasteiger charge is 2.46. The number of methoxy groups -OCH3 is 1. The molecule has 1 heterocycles. The Morgan fingerprint density at radius 3 is 2.74 bits per heavy atom. The molecule has 3 rings (SSSR count). The number of hydrogen-bond acceptors (Lipinski definition) is 3. The van der Waals surface area contributed by atoms with E-state index in [4.69, 9.17) is 4.74 Å². The number of likely N-dealkylation sites (tertiary alicyclic amines) is 1. The molecule has 0 aromatic heterocycles. The van der Waals surface area contributed by atoms with Gasteiger partial charge in [-0.3, -0.25) is 4.79 Å². The minimum absolute atomic E-state index is 0.211. The first-order valence-electron chi connectivity index (χ1n) is 8.69. The Hall–Kier alpha value is -1.55. The molecule has 23 heavy (non-hydrogen) atoms. The van der Waals surface area contributed by atoms with Crippen LogP contribution < -0.4 is 4.74 Å². The smallest absolute Gasteiger partial charge is 0.233 e. The second-order valence-electron chi connectivity index (χ2n) is 7.06. The maximum atomic E-state index is 13.3. The van der Waals surface area contributed by atoms with E-state index < -0.39 is 5.41 Å². The van der Waals surface area contributed by atoms with E-state index >= 15 is 0 Å². The molecule has 1 N–H and O–H groups in total. The summed E-state index contributed by atoms with van der Waals surface area (Å²) in [4.78, 5) is 15.3. The van der Waals surface area contributed by atoms with Gasteiger partial charge < -0.3 is 14.7 Å². The van der Waals surface area contributed by atoms with Gasteiger partial charge in [-0.2, -0.15) is 0 Å². The minimum atomic E-state index is -0.401. The summed E-state index contributed by atoms with van der Waals surface area (Å²) in [6.07, 6.45) is 4.57. The molecule has 1 saturated heterocycles. The van der Waals surface area contributed by atoms with Crippen LogP contribution in [0.25, 0.3) is 0 Å². The minimum Gasteiger partial charge on any atom is -0.497 e. The lowest BCUT2D eigenvalue weighted by atomic mass is 9.77. The Labute approximate surface area is 138 Å². The SMILES string of the molecule is COc1cccc(C2(C(=O)N3CCC(C(C)O)C3)CCCC2)c1. The molecule has 1 amide bonds. The number of amides is 1. The van der Waals surface area contributed by atoms with Crippen molar-refractivity contribution in [1.29, 1.82) is 0 Å². The highest BCUT2D eigenvalue weighted by atomic mass is 16.5. The molecule has 0 radical (unpaired) electrons. The van der Waals surface area contributed by atoms with Crippen LogP contribution in [0.3, 0.4) is 0 Å². The van der Waals surface area contributed by atoms with Gasteiger partial charge in [-0.05, 0) is 43.9 Å². The fraction of sp³-hybridized carbons (Fsp3) is 0.632. The molecule has 1 saturated carbocycles. The number of aliphatic hydroxyl groups is 1. The van der Waals surface area contributed by atoms with E-state index in [0.717, 1.165) is 50.0 Å². The molecule has 1 aromatic carbocycles. The zero-order chi connectivity index (χ0) is 16.4. The van der Waals surface area contributed by atoms with Crippen molar-refractivity contribution in [1.82, 2.24) is 4.90 Å². The van der Waals surface area contributed by atoms with Crippen LogP contribution in [0.1, 0.15) is 44.6 Å². The lowest BCUT2D eigenvalue weighted by molar-refractivity contribution is -0.136. The van der Waals surface area contributed by atoms with Gasteiger partial charge in [-0.1, -0.05) is 25.0 Å². The number of carbonyl (C=O) groups is 1. The van der Waals surface area contributed by atoms with E-state index in [-0.39, 0.29) is 17.9 Å². The predicted molar refractivity (Wildman–Crippen MR) is 89.5 cm³/mol. The Morgan fingerprint density at radius 2 is 2.13 bits per heavy atom. The maximum Gasteiger partial charge on any atom is 0.233 e. The van der Waals surface area contributed by atoms with Crippen molar-refractivity contribution >= 4 is 5.91 Å². The zero-order valence-electron chi connectivity index (χ0n) is 14.1. The molecule has 4 nitrogen and oxygen atoms in total. The summed E-state index contributed by atoms with van der Waals surface area (Å²) in [5.41, 5.74) is 0.683. The van der Waals surface area contributed by atoms with Gasteiger partial charge in [0.05, 0.1) is 18.6 Å². The molecule has 126 valence electrons. The number of hydrogen-bond donors (Lipinski definition) is 1. The standard InChI is InChI=1S/C19H27NO3/c1-14(21)15-8-11-20(13-15)18(22)19(9-3-4-10-19)16-6-5-7-17(12-16)23-2/h5-7,12,14-15,21H,3-4,8-11,13H2,1-2H3. The molecule has 2 aliphatic rings. The maximum absolute atomic E-state index is 13.3. The van der Waals surface area contributed by atoms with E-state index in [9.17, 15) is 9.90 Å². The number of ether oxygens (including phenoxy) is 1. The molecular formula is C19H27NO3. The first-order chi connectivity index (χ1) is 11.1. The molecule has 1 aliphatic heterocycles. The summed E-state index contributed by atoms with van der Waals surface area (Å²) < 4.78 is 5.36. The normalized spacial score (nSPS) is 24.7. The lowest BCUT2D eigenvalue weighted by Gasteiger charge is -2.33. The zero-order valence-corrected chi connectivity index (χ0v) is 14.1. The summed E-state index contributed by atoms with van der Waals surface area (Å²) in [6, 6.07) is 7.99. The molecule has 2 atom stereocenters. The van der Waals surface area contributed by atoms with Gasteiger partial charge in [0.25, 0.3) is 0 Å². The van der Waals surface area contributed by atoms with Crippen molar-refractivity contribution in [3.63, 3.8) is 0 Å². The largest absolute Gasteiger partial charge is 0.497 e. The second-order valence-corrected chi connectivity index (χ2v) is 7.06. The van der Waals surface area contributed by atoms with E-state index in [1.807, 2.05) is 30.0 Å². The van der Waals surface area contributed by atoms with E-state index in [2.05, 4.69) is 6.07 Å². The van der Waals surface area contributed by atoms with Crippen molar-refractivity contribution in [3.8, 4) is 5.75 Å². The summed E-state index contributed by atoms with van der Waals surface area (Å²) in [6.45, 7) is 3.27. The van der Waals surface area contributed by atoms with Crippen molar-refractivity contribution in [3.05, 3.63) is 29.8 Å². The van der Waals surface area contributed by atoms with Gasteiger partial charge >= 0.3 is 0 Å². The van der Waals surface area contributed by atoms with Crippen LogP contribution in [0, 0.1) is 5.92 Å². The van der Waals surface area contributed by atoms with Gasteiger partial charge in [0.2, 0.25) is 5.91 Å². The van der Waals surface area contributed by atoms with Crippen molar-refractivity contribution in [2.24, 2.45) is 5.92 Å². The summed E-state index contributed by atoms with van der Waals surface area (Å²) in [7, 11) is 1.66. The first-order valence-corrected chi connectivity index (χ1v) is 8.69. The van der Waals surface area contributed by atoms with Crippen LogP contribution in [0.2, 0.25) is 0 Å². The Kier molecular flexibility index (Phi) is 4.62. The van der Waals surface area contributed by atoms with Crippen LogP contribution in [0.4, 0.5) is 0 Å². The summed E-state index contributed by atoms with van der Waals surface area (Å²) >= 11 is 0. The van der Waals surface area contributed by atoms with Crippen molar-refractivity contribution < 1.29 is 14.6 Å². The topological polar surface area (TPSA) is 49.8 Å². The van der Waals surface area contributed by atoms with Gasteiger partial charge in [0.15, 0.2) is 0 Å². The van der Waals surface area contributed by atoms with Crippen LogP contribution in [0.5, 0.6) is 5.75 Å². The molecule has 4 heteroatoms. The molecule has 0 bridgehead atoms. The number of nitrogens with zero attached hydrogens (tertiary/aromatic N) is 1. The van der Waals surface area contributed by atoms with Gasteiger partial charge in [0.1, 0.15) is 5.75 Å². The average molecular weight is 317 g/mol. The monoisotopic (exact) mass is 317 g/mol. The van der Waals surface area contributed by atoms with Crippen LogP contribution in [-0.2, 0) is 10.2 Å². The van der Waals surface area contributed by atoms with Crippen molar-refractivity contribution in [2.45, 2.75) is 50.5 Å². The number of rotatable bonds is 4. The fourth-order valence-electron chi connectivity index (χ4n) is 4.19. The van der Waals surface area contributed by atoms with Crippen LogP contribution in [-0.4, -0.2) is 42.2 Å². The highest BCUT2D eigenvalue weighted by Crippen LogP contribution is 2.44. The average Bonchev–Trinajstić information content (AvgIpc) is 3.24. The third-order valence-corrected chi connectivity index (χ3v) is 5.68. The number of carbonyl (C=O) groups excluding carboxylic acids is 1. The Balaban J connectivity index is 1.87. The predicted octanol–water partition coefficient (Wildman–Crippen LogP) is 2.74. The van der Waals surface area contributed by atoms with Crippen LogP contribution >= 0.6 is 0 Å². The van der Waals surface area contributed by atoms with Gasteiger partial charge in [-0.25, -0.2) is 0 Å². The molecular weight excluding hydrogens is 290 g/mol. The Morgan fingerprint density at radius 1 is 1.39 bits per heavy atom. The van der Waals surface area contributed by atoms with Gasteiger partial charge in [0, 0.05) is 19.0 Å². The van der Waals surface area contributed by atoms with E-state index in [0.29, 0.717) is 6.54 Å². The van der Waals surface area contributed by atoms with Crippen LogP contribution in [0.15, 0.2) is 24.3 Å². The molecule has 0 spiro atoms. The first kappa shape index (κ1) is 16.3. The fourth-order valence-corrected chi connectivity index (χ4v) is 4.19. The third kappa shape index (κ3) is 2.97. The highest BCUT2D eigenvalue weighted by molar-refractivity contribution is 5.89. The molecule has 2 unspecified atom stereocenters. The third-order valence-electron chi connectivity index (χ3n) is 5.68. The van der Waals surface area contributed by atoms with Gasteiger partial charge in [-0.15, -0.1) is 0 Å². The van der Waals surface area contributed by atoms with E-state index in [1.165, 1.54) is 0 Å². The van der Waals surface area contributed by atoms with E-state index in [1.54, 1.807) is 7.11 Å². The number of benzene rings is 1.